The molecule has 188 valence electrons. The van der Waals surface area contributed by atoms with Crippen molar-refractivity contribution in [1.29, 1.82) is 0 Å². The number of hydrogen-bond acceptors (Lipinski definition) is 3. The van der Waals surface area contributed by atoms with E-state index in [1.165, 1.54) is 36.8 Å². The van der Waals surface area contributed by atoms with Crippen molar-refractivity contribution in [3.63, 3.8) is 0 Å². The van der Waals surface area contributed by atoms with Gasteiger partial charge in [-0.25, -0.2) is 4.79 Å². The first-order chi connectivity index (χ1) is 17.0. The number of nitrogens with zero attached hydrogens (tertiary/aromatic N) is 3. The molecule has 0 radical (unpaired) electrons. The average molecular weight is 476 g/mol. The molecule has 2 aromatic carbocycles. The number of benzene rings is 2. The van der Waals surface area contributed by atoms with Gasteiger partial charge in [0.25, 0.3) is 0 Å². The van der Waals surface area contributed by atoms with Crippen LogP contribution >= 0.6 is 0 Å². The number of hydrogen-bond donors (Lipinski definition) is 0. The molecular weight excluding hydrogens is 434 g/mol. The van der Waals surface area contributed by atoms with Gasteiger partial charge in [-0.1, -0.05) is 55.3 Å². The highest BCUT2D eigenvalue weighted by Gasteiger charge is 2.54. The maximum absolute atomic E-state index is 13.9. The Labute approximate surface area is 211 Å². The Kier molecular flexibility index (Phi) is 6.80. The van der Waals surface area contributed by atoms with Gasteiger partial charge in [-0.2, -0.15) is 0 Å². The summed E-state index contributed by atoms with van der Waals surface area (Å²) < 4.78 is 5.32. The van der Waals surface area contributed by atoms with E-state index < -0.39 is 0 Å². The Balaban J connectivity index is 1.39. The van der Waals surface area contributed by atoms with Crippen LogP contribution in [0.5, 0.6) is 5.75 Å². The Morgan fingerprint density at radius 2 is 1.60 bits per heavy atom. The number of urea groups is 1. The number of ether oxygens (including phenoxy) is 1. The Hall–Kier alpha value is -2.53. The van der Waals surface area contributed by atoms with Gasteiger partial charge in [0.15, 0.2) is 0 Å². The minimum Gasteiger partial charge on any atom is -0.497 e. The lowest BCUT2D eigenvalue weighted by Crippen LogP contribution is -2.56. The molecule has 1 saturated heterocycles. The standard InChI is InChI=1S/C30H41N3O2/c1-31(2)30(26-11-5-4-6-12-26)19-17-29(18-20-30)23-32(21-25-13-15-27(35-3)16-14-25)28(34)33(29)22-24-9-7-8-10-24/h4-6,11-16,24H,7-10,17-23H2,1-3H3. The van der Waals surface area contributed by atoms with Crippen molar-refractivity contribution < 1.29 is 9.53 Å². The molecule has 5 rings (SSSR count). The van der Waals surface area contributed by atoms with Gasteiger partial charge in [0.05, 0.1) is 12.6 Å². The van der Waals surface area contributed by atoms with E-state index in [2.05, 4.69) is 71.3 Å². The molecule has 1 aliphatic heterocycles. The van der Waals surface area contributed by atoms with Gasteiger partial charge in [-0.3, -0.25) is 4.90 Å². The van der Waals surface area contributed by atoms with Gasteiger partial charge in [0.2, 0.25) is 0 Å². The molecule has 0 unspecified atom stereocenters. The summed E-state index contributed by atoms with van der Waals surface area (Å²) in [5.41, 5.74) is 2.56. The SMILES string of the molecule is COc1ccc(CN2CC3(CCC(c4ccccc4)(N(C)C)CC3)N(CC3CCCC3)C2=O)cc1. The fourth-order valence-corrected chi connectivity index (χ4v) is 6.98. The number of rotatable bonds is 7. The van der Waals surface area contributed by atoms with Gasteiger partial charge >= 0.3 is 6.03 Å². The molecule has 5 heteroatoms. The van der Waals surface area contributed by atoms with E-state index in [1.54, 1.807) is 7.11 Å². The minimum absolute atomic E-state index is 0.0397. The molecular formula is C30H41N3O2. The Bertz CT molecular complexity index is 990. The lowest BCUT2D eigenvalue weighted by atomic mass is 9.68. The highest BCUT2D eigenvalue weighted by molar-refractivity contribution is 5.78. The number of methoxy groups -OCH3 is 1. The lowest BCUT2D eigenvalue weighted by Gasteiger charge is -2.51. The van der Waals surface area contributed by atoms with Crippen LogP contribution in [-0.2, 0) is 12.1 Å². The van der Waals surface area contributed by atoms with Crippen molar-refractivity contribution in [1.82, 2.24) is 14.7 Å². The summed E-state index contributed by atoms with van der Waals surface area (Å²) in [6, 6.07) is 19.4. The molecule has 2 aliphatic carbocycles. The van der Waals surface area contributed by atoms with Crippen LogP contribution in [0.3, 0.4) is 0 Å². The van der Waals surface area contributed by atoms with Crippen LogP contribution in [0.15, 0.2) is 54.6 Å². The zero-order chi connectivity index (χ0) is 24.5. The normalized spacial score (nSPS) is 27.4. The van der Waals surface area contributed by atoms with E-state index in [4.69, 9.17) is 4.74 Å². The second-order valence-electron chi connectivity index (χ2n) is 11.3. The maximum atomic E-state index is 13.9. The summed E-state index contributed by atoms with van der Waals surface area (Å²) in [7, 11) is 6.13. The van der Waals surface area contributed by atoms with Crippen LogP contribution in [0.4, 0.5) is 4.79 Å². The van der Waals surface area contributed by atoms with Crippen molar-refractivity contribution in [2.75, 3.05) is 34.3 Å². The summed E-state index contributed by atoms with van der Waals surface area (Å²) in [6.45, 7) is 2.43. The minimum atomic E-state index is -0.0551. The second-order valence-corrected chi connectivity index (χ2v) is 11.3. The first-order valence-electron chi connectivity index (χ1n) is 13.4. The molecule has 2 aromatic rings. The van der Waals surface area contributed by atoms with E-state index >= 15 is 0 Å². The summed E-state index contributed by atoms with van der Waals surface area (Å²) >= 11 is 0. The largest absolute Gasteiger partial charge is 0.497 e. The molecule has 3 fully saturated rings. The lowest BCUT2D eigenvalue weighted by molar-refractivity contribution is 0.0203. The average Bonchev–Trinajstić information content (AvgIpc) is 3.49. The first-order valence-corrected chi connectivity index (χ1v) is 13.4. The van der Waals surface area contributed by atoms with Gasteiger partial charge < -0.3 is 14.5 Å². The van der Waals surface area contributed by atoms with Crippen LogP contribution < -0.4 is 4.74 Å². The highest BCUT2D eigenvalue weighted by atomic mass is 16.5. The Morgan fingerprint density at radius 3 is 2.20 bits per heavy atom. The monoisotopic (exact) mass is 475 g/mol. The van der Waals surface area contributed by atoms with E-state index in [-0.39, 0.29) is 17.1 Å². The van der Waals surface area contributed by atoms with Crippen LogP contribution in [0.1, 0.15) is 62.5 Å². The van der Waals surface area contributed by atoms with Crippen LogP contribution in [0, 0.1) is 5.92 Å². The molecule has 2 saturated carbocycles. The van der Waals surface area contributed by atoms with E-state index in [0.717, 1.165) is 44.5 Å². The summed E-state index contributed by atoms with van der Waals surface area (Å²) in [4.78, 5) is 20.7. The molecule has 0 aromatic heterocycles. The van der Waals surface area contributed by atoms with Crippen molar-refractivity contribution in [3.05, 3.63) is 65.7 Å². The smallest absolute Gasteiger partial charge is 0.320 e. The fraction of sp³-hybridized carbons (Fsp3) is 0.567. The molecule has 0 atom stereocenters. The molecule has 0 bridgehead atoms. The predicted molar refractivity (Wildman–Crippen MR) is 140 cm³/mol. The van der Waals surface area contributed by atoms with Crippen molar-refractivity contribution in [3.8, 4) is 5.75 Å². The molecule has 5 nitrogen and oxygen atoms in total. The van der Waals surface area contributed by atoms with E-state index in [1.807, 2.05) is 12.1 Å². The summed E-state index contributed by atoms with van der Waals surface area (Å²) in [6.07, 6.45) is 9.42. The third-order valence-electron chi connectivity index (χ3n) is 9.18. The predicted octanol–water partition coefficient (Wildman–Crippen LogP) is 5.89. The molecule has 35 heavy (non-hydrogen) atoms. The van der Waals surface area contributed by atoms with E-state index in [0.29, 0.717) is 12.5 Å². The molecule has 1 heterocycles. The summed E-state index contributed by atoms with van der Waals surface area (Å²) in [5.74, 6) is 1.51. The van der Waals surface area contributed by atoms with Crippen molar-refractivity contribution in [2.24, 2.45) is 5.92 Å². The third kappa shape index (κ3) is 4.55. The highest BCUT2D eigenvalue weighted by Crippen LogP contribution is 2.49. The van der Waals surface area contributed by atoms with Gasteiger partial charge in [0, 0.05) is 25.2 Å². The maximum Gasteiger partial charge on any atom is 0.320 e. The zero-order valence-corrected chi connectivity index (χ0v) is 21.7. The summed E-state index contributed by atoms with van der Waals surface area (Å²) in [5, 5.41) is 0. The first kappa shape index (κ1) is 24.2. The number of carbonyl (C=O) groups is 1. The van der Waals surface area contributed by atoms with Crippen LogP contribution in [0.25, 0.3) is 0 Å². The van der Waals surface area contributed by atoms with Crippen LogP contribution in [-0.4, -0.2) is 60.6 Å². The third-order valence-corrected chi connectivity index (χ3v) is 9.18. The topological polar surface area (TPSA) is 36.0 Å². The fourth-order valence-electron chi connectivity index (χ4n) is 6.98. The van der Waals surface area contributed by atoms with Crippen molar-refractivity contribution >= 4 is 6.03 Å². The Morgan fingerprint density at radius 1 is 0.943 bits per heavy atom. The molecule has 3 aliphatic rings. The molecule has 1 spiro atoms. The quantitative estimate of drug-likeness (QED) is 0.501. The van der Waals surface area contributed by atoms with Gasteiger partial charge in [0.1, 0.15) is 5.75 Å². The van der Waals surface area contributed by atoms with Crippen molar-refractivity contribution in [2.45, 2.75) is 69.0 Å². The zero-order valence-electron chi connectivity index (χ0n) is 21.7. The number of carbonyl (C=O) groups excluding carboxylic acids is 1. The van der Waals surface area contributed by atoms with Crippen LogP contribution in [0.2, 0.25) is 0 Å². The van der Waals surface area contributed by atoms with Gasteiger partial charge in [-0.05, 0) is 81.8 Å². The molecule has 0 N–H and O–H groups in total. The second kappa shape index (κ2) is 9.85. The number of amides is 2. The van der Waals surface area contributed by atoms with E-state index in [9.17, 15) is 4.79 Å². The van der Waals surface area contributed by atoms with Gasteiger partial charge in [-0.15, -0.1) is 0 Å². The molecule has 2 amide bonds.